The molecular formula is C16H14Cl3F2N3O4. The number of rotatable bonds is 3. The van der Waals surface area contributed by atoms with Crippen molar-refractivity contribution in [1.82, 2.24) is 0 Å². The largest absolute Gasteiger partial charge is 0.396 e. The molecule has 2 rings (SSSR count). The minimum absolute atomic E-state index is 0.0411. The Bertz CT molecular complexity index is 874. The Labute approximate surface area is 173 Å². The second kappa shape index (κ2) is 9.31. The second-order valence-corrected chi connectivity index (χ2v) is 8.20. The lowest BCUT2D eigenvalue weighted by Gasteiger charge is -2.13. The molecule has 0 fully saturated rings. The van der Waals surface area contributed by atoms with Crippen LogP contribution in [0.1, 0.15) is 16.7 Å². The Morgan fingerprint density at radius 3 is 1.71 bits per heavy atom. The van der Waals surface area contributed by atoms with E-state index in [1.54, 1.807) is 0 Å². The van der Waals surface area contributed by atoms with Gasteiger partial charge in [0, 0.05) is 18.6 Å². The molecule has 0 spiro atoms. The molecule has 0 aliphatic heterocycles. The first kappa shape index (κ1) is 23.8. The highest BCUT2D eigenvalue weighted by Gasteiger charge is 2.25. The monoisotopic (exact) mass is 455 g/mol. The number of hydrogen-bond donors (Lipinski definition) is 1. The average molecular weight is 457 g/mol. The van der Waals surface area contributed by atoms with Crippen LogP contribution in [0.15, 0.2) is 24.3 Å². The maximum atomic E-state index is 13.5. The average Bonchev–Trinajstić information content (AvgIpc) is 2.54. The number of nitro benzene ring substituents is 2. The summed E-state index contributed by atoms with van der Waals surface area (Å²) < 4.78 is 24.7. The van der Waals surface area contributed by atoms with Gasteiger partial charge in [0.1, 0.15) is 5.82 Å². The molecule has 0 aliphatic carbocycles. The minimum atomic E-state index is -1.62. The van der Waals surface area contributed by atoms with E-state index in [0.717, 1.165) is 12.1 Å². The van der Waals surface area contributed by atoms with E-state index in [2.05, 4.69) is 0 Å². The summed E-state index contributed by atoms with van der Waals surface area (Å²) in [6, 6.07) is 4.11. The molecule has 0 saturated carbocycles. The van der Waals surface area contributed by atoms with E-state index in [-0.39, 0.29) is 29.0 Å². The molecule has 0 saturated heterocycles. The van der Waals surface area contributed by atoms with Crippen LogP contribution in [0.3, 0.4) is 0 Å². The summed E-state index contributed by atoms with van der Waals surface area (Å²) in [5.41, 5.74) is 5.55. The van der Waals surface area contributed by atoms with E-state index in [0.29, 0.717) is 11.1 Å². The molecule has 2 N–H and O–H groups in total. The van der Waals surface area contributed by atoms with Crippen molar-refractivity contribution in [3.05, 3.63) is 72.8 Å². The summed E-state index contributed by atoms with van der Waals surface area (Å²) in [7, 11) is 0. The summed E-state index contributed by atoms with van der Waals surface area (Å²) in [5.74, 6) is -1.49. The fourth-order valence-corrected chi connectivity index (χ4v) is 2.53. The molecule has 7 nitrogen and oxygen atoms in total. The van der Waals surface area contributed by atoms with Gasteiger partial charge in [0.25, 0.3) is 11.4 Å². The predicted molar refractivity (Wildman–Crippen MR) is 104 cm³/mol. The number of alkyl halides is 3. The lowest BCUT2D eigenvalue weighted by atomic mass is 10.0. The van der Waals surface area contributed by atoms with E-state index >= 15 is 0 Å². The van der Waals surface area contributed by atoms with Crippen LogP contribution < -0.4 is 5.73 Å². The van der Waals surface area contributed by atoms with Crippen molar-refractivity contribution in [2.75, 3.05) is 5.73 Å². The van der Waals surface area contributed by atoms with E-state index in [1.807, 2.05) is 0 Å². The van der Waals surface area contributed by atoms with Crippen LogP contribution >= 0.6 is 34.8 Å². The minimum Gasteiger partial charge on any atom is -0.396 e. The van der Waals surface area contributed by atoms with Gasteiger partial charge in [-0.05, 0) is 30.5 Å². The van der Waals surface area contributed by atoms with Crippen molar-refractivity contribution < 1.29 is 18.6 Å². The van der Waals surface area contributed by atoms with Gasteiger partial charge in [-0.1, -0.05) is 34.8 Å². The molecule has 0 bridgehead atoms. The Morgan fingerprint density at radius 2 is 1.36 bits per heavy atom. The third-order valence-electron chi connectivity index (χ3n) is 3.52. The number of non-ortho nitro benzene ring substituents is 2. The number of nitrogens with zero attached hydrogens (tertiary/aromatic N) is 2. The van der Waals surface area contributed by atoms with Gasteiger partial charge in [-0.3, -0.25) is 20.2 Å². The molecule has 0 heterocycles. The molecule has 2 aromatic carbocycles. The smallest absolute Gasteiger partial charge is 0.272 e. The lowest BCUT2D eigenvalue weighted by molar-refractivity contribution is -0.385. The third-order valence-corrected chi connectivity index (χ3v) is 3.92. The highest BCUT2D eigenvalue weighted by atomic mass is 35.6. The van der Waals surface area contributed by atoms with Gasteiger partial charge in [-0.25, -0.2) is 8.78 Å². The second-order valence-electron chi connectivity index (χ2n) is 5.69. The number of aryl methyl sites for hydroxylation is 2. The number of hydrogen-bond acceptors (Lipinski definition) is 5. The number of nitrogen functional groups attached to an aromatic ring is 1. The van der Waals surface area contributed by atoms with Gasteiger partial charge < -0.3 is 5.73 Å². The van der Waals surface area contributed by atoms with Crippen molar-refractivity contribution in [2.24, 2.45) is 0 Å². The Balaban J connectivity index is 0.000000292. The van der Waals surface area contributed by atoms with E-state index < -0.39 is 25.3 Å². The molecule has 2 aromatic rings. The van der Waals surface area contributed by atoms with Crippen molar-refractivity contribution in [1.29, 1.82) is 0 Å². The molecule has 28 heavy (non-hydrogen) atoms. The molecule has 0 amide bonds. The standard InChI is InChI=1S/C9H7Cl3FNO2.C7H7FN2O2/c1-5-2-6(14(15)16)3-8(13)7(5)4-9(10,11)12;1-4-2-5(10(11)12)3-6(8)7(4)9/h2-3H,4H2,1H3;2-3H,9H2,1H3. The zero-order valence-corrected chi connectivity index (χ0v) is 16.8. The Hall–Kier alpha value is -2.23. The van der Waals surface area contributed by atoms with E-state index in [1.165, 1.54) is 26.0 Å². The van der Waals surface area contributed by atoms with Gasteiger partial charge in [-0.15, -0.1) is 0 Å². The number of benzene rings is 2. The van der Waals surface area contributed by atoms with Crippen molar-refractivity contribution >= 4 is 51.9 Å². The van der Waals surface area contributed by atoms with E-state index in [4.69, 9.17) is 40.5 Å². The number of anilines is 1. The van der Waals surface area contributed by atoms with Crippen molar-refractivity contribution in [2.45, 2.75) is 24.1 Å². The number of halogens is 5. The first-order chi connectivity index (χ1) is 12.7. The molecule has 12 heteroatoms. The van der Waals surface area contributed by atoms with E-state index in [9.17, 15) is 29.0 Å². The van der Waals surface area contributed by atoms with Crippen LogP contribution in [0.2, 0.25) is 0 Å². The topological polar surface area (TPSA) is 112 Å². The van der Waals surface area contributed by atoms with Crippen molar-refractivity contribution in [3.8, 4) is 0 Å². The molecule has 0 aromatic heterocycles. The van der Waals surface area contributed by atoms with Gasteiger partial charge >= 0.3 is 0 Å². The van der Waals surface area contributed by atoms with Crippen LogP contribution in [0.25, 0.3) is 0 Å². The normalized spacial score (nSPS) is 10.8. The number of nitro groups is 2. The predicted octanol–water partition coefficient (Wildman–Crippen LogP) is 5.58. The zero-order chi connectivity index (χ0) is 21.8. The number of nitrogens with two attached hydrogens (primary N) is 1. The molecule has 0 unspecified atom stereocenters. The molecule has 0 radical (unpaired) electrons. The fraction of sp³-hybridized carbons (Fsp3) is 0.250. The van der Waals surface area contributed by atoms with Gasteiger partial charge in [0.05, 0.1) is 27.7 Å². The van der Waals surface area contributed by atoms with Gasteiger partial charge in [0.2, 0.25) is 0 Å². The fourth-order valence-electron chi connectivity index (χ4n) is 2.13. The Morgan fingerprint density at radius 1 is 0.929 bits per heavy atom. The highest BCUT2D eigenvalue weighted by molar-refractivity contribution is 6.67. The van der Waals surface area contributed by atoms with Crippen molar-refractivity contribution in [3.63, 3.8) is 0 Å². The maximum absolute atomic E-state index is 13.5. The summed E-state index contributed by atoms with van der Waals surface area (Å²) in [6.07, 6.45) is -0.132. The molecular weight excluding hydrogens is 443 g/mol. The third kappa shape index (κ3) is 6.74. The quantitative estimate of drug-likeness (QED) is 0.280. The summed E-state index contributed by atoms with van der Waals surface area (Å²) in [6.45, 7) is 3.05. The van der Waals surface area contributed by atoms with Crippen LogP contribution in [-0.2, 0) is 6.42 Å². The van der Waals surface area contributed by atoms with Crippen LogP contribution in [0, 0.1) is 45.7 Å². The summed E-state index contributed by atoms with van der Waals surface area (Å²) in [4.78, 5) is 19.3. The first-order valence-corrected chi connectivity index (χ1v) is 8.56. The van der Waals surface area contributed by atoms with Crippen LogP contribution in [0.4, 0.5) is 25.8 Å². The molecule has 0 aliphatic rings. The lowest BCUT2D eigenvalue weighted by Crippen LogP contribution is -2.10. The van der Waals surface area contributed by atoms with Gasteiger partial charge in [-0.2, -0.15) is 0 Å². The maximum Gasteiger partial charge on any atom is 0.272 e. The summed E-state index contributed by atoms with van der Waals surface area (Å²) in [5, 5.41) is 20.7. The van der Waals surface area contributed by atoms with Crippen LogP contribution in [0.5, 0.6) is 0 Å². The Kier molecular flexibility index (Phi) is 7.92. The summed E-state index contributed by atoms with van der Waals surface area (Å²) >= 11 is 16.6. The first-order valence-electron chi connectivity index (χ1n) is 7.43. The highest BCUT2D eigenvalue weighted by Crippen LogP contribution is 2.33. The SMILES string of the molecule is Cc1cc([N+](=O)[O-])cc(F)c1CC(Cl)(Cl)Cl.Cc1cc([N+](=O)[O-])cc(F)c1N. The van der Waals surface area contributed by atoms with Gasteiger partial charge in [0.15, 0.2) is 9.61 Å². The zero-order valence-electron chi connectivity index (χ0n) is 14.5. The van der Waals surface area contributed by atoms with Crippen LogP contribution in [-0.4, -0.2) is 13.6 Å². The molecule has 0 atom stereocenters. The molecule has 152 valence electrons.